The van der Waals surface area contributed by atoms with Gasteiger partial charge < -0.3 is 32.6 Å². The molecule has 300 valence electrons. The molecule has 0 aromatic heterocycles. The van der Waals surface area contributed by atoms with E-state index < -0.39 is 32.5 Å². The SMILES string of the molecule is C/C=C/C=C/COCCCCCCCCCC(=O)O[C@H](COC(=O)CCCCCCCCCCCCCCC)COP(=O)([O-])OCC[N+](C)(C)C. The molecule has 0 N–H and O–H groups in total. The number of likely N-dealkylation sites (N-methyl/N-ethyl adjacent to an activating group) is 1. The standard InChI is InChI=1S/C40H76NO9P/c1-6-8-10-12-13-14-15-16-17-18-20-23-26-30-39(42)47-36-38(37-49-51(44,45)48-35-32-41(3,4)5)50-40(43)31-27-24-21-19-22-25-29-34-46-33-28-11-9-7-2/h7,9,11,28,38H,6,8,10,12-27,29-37H2,1-5H3/b9-7+,28-11+/t38-/m1/s1. The second kappa shape index (κ2) is 34.2. The Morgan fingerprint density at radius 1 is 0.667 bits per heavy atom. The quantitative estimate of drug-likeness (QED) is 0.0201. The third kappa shape index (κ3) is 38.0. The van der Waals surface area contributed by atoms with Crippen molar-refractivity contribution in [3.8, 4) is 0 Å². The zero-order chi connectivity index (χ0) is 37.9. The fourth-order valence-corrected chi connectivity index (χ4v) is 6.03. The van der Waals surface area contributed by atoms with Gasteiger partial charge in [-0.15, -0.1) is 0 Å². The Balaban J connectivity index is 4.38. The van der Waals surface area contributed by atoms with Crippen LogP contribution >= 0.6 is 7.82 Å². The second-order valence-corrected chi connectivity index (χ2v) is 16.0. The normalized spacial score (nSPS) is 13.9. The lowest BCUT2D eigenvalue weighted by Gasteiger charge is -2.28. The summed E-state index contributed by atoms with van der Waals surface area (Å²) in [6.45, 7) is 5.31. The Morgan fingerprint density at radius 3 is 1.71 bits per heavy atom. The minimum Gasteiger partial charge on any atom is -0.756 e. The molecule has 0 heterocycles. The van der Waals surface area contributed by atoms with Crippen molar-refractivity contribution in [3.05, 3.63) is 24.3 Å². The molecule has 0 radical (unpaired) electrons. The van der Waals surface area contributed by atoms with E-state index in [2.05, 4.69) is 6.92 Å². The van der Waals surface area contributed by atoms with Gasteiger partial charge in [-0.2, -0.15) is 0 Å². The third-order valence-corrected chi connectivity index (χ3v) is 9.43. The van der Waals surface area contributed by atoms with E-state index in [4.69, 9.17) is 23.3 Å². The molecule has 0 bridgehead atoms. The van der Waals surface area contributed by atoms with E-state index in [0.717, 1.165) is 64.4 Å². The van der Waals surface area contributed by atoms with Crippen molar-refractivity contribution in [3.63, 3.8) is 0 Å². The lowest BCUT2D eigenvalue weighted by atomic mass is 10.0. The summed E-state index contributed by atoms with van der Waals surface area (Å²) >= 11 is 0. The highest BCUT2D eigenvalue weighted by molar-refractivity contribution is 7.45. The Kier molecular flexibility index (Phi) is 33.2. The third-order valence-electron chi connectivity index (χ3n) is 8.47. The average Bonchev–Trinajstić information content (AvgIpc) is 3.07. The number of carbonyl (C=O) groups is 2. The number of nitrogens with zero attached hydrogens (tertiary/aromatic N) is 1. The lowest BCUT2D eigenvalue weighted by Crippen LogP contribution is -2.37. The summed E-state index contributed by atoms with van der Waals surface area (Å²) in [6.07, 6.45) is 30.2. The van der Waals surface area contributed by atoms with Crippen LogP contribution in [0, 0.1) is 0 Å². The maximum Gasteiger partial charge on any atom is 0.306 e. The number of carbonyl (C=O) groups excluding carboxylic acids is 2. The number of allylic oxidation sites excluding steroid dienone is 3. The first-order valence-corrected chi connectivity index (χ1v) is 21.6. The zero-order valence-corrected chi connectivity index (χ0v) is 34.1. The maximum atomic E-state index is 12.6. The molecule has 0 spiro atoms. The topological polar surface area (TPSA) is 120 Å². The summed E-state index contributed by atoms with van der Waals surface area (Å²) in [5.41, 5.74) is 0. The Morgan fingerprint density at radius 2 is 1.18 bits per heavy atom. The number of ether oxygens (including phenoxy) is 3. The molecule has 0 saturated heterocycles. The minimum atomic E-state index is -4.62. The molecule has 0 aliphatic heterocycles. The fourth-order valence-electron chi connectivity index (χ4n) is 5.30. The van der Waals surface area contributed by atoms with E-state index >= 15 is 0 Å². The van der Waals surface area contributed by atoms with Crippen molar-refractivity contribution >= 4 is 19.8 Å². The molecule has 10 nitrogen and oxygen atoms in total. The summed E-state index contributed by atoms with van der Waals surface area (Å²) in [4.78, 5) is 37.4. The summed E-state index contributed by atoms with van der Waals surface area (Å²) in [6, 6.07) is 0. The highest BCUT2D eigenvalue weighted by Crippen LogP contribution is 2.38. The summed E-state index contributed by atoms with van der Waals surface area (Å²) < 4.78 is 39.3. The highest BCUT2D eigenvalue weighted by Gasteiger charge is 2.21. The number of esters is 2. The van der Waals surface area contributed by atoms with Crippen LogP contribution in [0.3, 0.4) is 0 Å². The highest BCUT2D eigenvalue weighted by atomic mass is 31.2. The smallest absolute Gasteiger partial charge is 0.306 e. The summed E-state index contributed by atoms with van der Waals surface area (Å²) in [7, 11) is 1.14. The molecule has 0 saturated carbocycles. The first kappa shape index (κ1) is 49.5. The molecule has 0 aliphatic carbocycles. The van der Waals surface area contributed by atoms with Crippen LogP contribution in [0.25, 0.3) is 0 Å². The van der Waals surface area contributed by atoms with Gasteiger partial charge >= 0.3 is 11.9 Å². The first-order valence-electron chi connectivity index (χ1n) is 20.1. The van der Waals surface area contributed by atoms with Crippen molar-refractivity contribution in [2.45, 2.75) is 161 Å². The van der Waals surface area contributed by atoms with Crippen molar-refractivity contribution in [1.29, 1.82) is 0 Å². The molecular weight excluding hydrogens is 669 g/mol. The summed E-state index contributed by atoms with van der Waals surface area (Å²) in [5, 5.41) is 0. The van der Waals surface area contributed by atoms with Crippen molar-refractivity contribution in [2.75, 3.05) is 60.7 Å². The molecule has 0 rings (SSSR count). The monoisotopic (exact) mass is 746 g/mol. The minimum absolute atomic E-state index is 0.0364. The number of quaternary nitrogens is 1. The van der Waals surface area contributed by atoms with Gasteiger partial charge in [-0.25, -0.2) is 0 Å². The average molecular weight is 746 g/mol. The number of rotatable bonds is 37. The largest absolute Gasteiger partial charge is 0.756 e. The lowest BCUT2D eigenvalue weighted by molar-refractivity contribution is -0.870. The molecule has 51 heavy (non-hydrogen) atoms. The number of phosphoric ester groups is 1. The Bertz CT molecular complexity index is 935. The molecule has 2 atom stereocenters. The summed E-state index contributed by atoms with van der Waals surface area (Å²) in [5.74, 6) is -0.861. The van der Waals surface area contributed by atoms with Gasteiger partial charge in [-0.3, -0.25) is 14.2 Å². The van der Waals surface area contributed by atoms with E-state index in [0.29, 0.717) is 24.1 Å². The first-order chi connectivity index (χ1) is 24.5. The van der Waals surface area contributed by atoms with Gasteiger partial charge in [-0.1, -0.05) is 140 Å². The molecule has 0 fully saturated rings. The van der Waals surface area contributed by atoms with E-state index in [-0.39, 0.29) is 26.1 Å². The van der Waals surface area contributed by atoms with Crippen LogP contribution in [-0.2, 0) is 37.4 Å². The van der Waals surface area contributed by atoms with Crippen LogP contribution in [0.15, 0.2) is 24.3 Å². The molecule has 0 aliphatic rings. The van der Waals surface area contributed by atoms with E-state index in [1.165, 1.54) is 64.2 Å². The predicted molar refractivity (Wildman–Crippen MR) is 205 cm³/mol. The molecule has 0 aromatic rings. The molecule has 0 amide bonds. The van der Waals surface area contributed by atoms with Crippen molar-refractivity contribution in [2.24, 2.45) is 0 Å². The molecular formula is C40H76NO9P. The van der Waals surface area contributed by atoms with Crippen LogP contribution in [-0.4, -0.2) is 83.2 Å². The zero-order valence-electron chi connectivity index (χ0n) is 33.3. The van der Waals surface area contributed by atoms with Gasteiger partial charge in [0.1, 0.15) is 19.8 Å². The molecule has 1 unspecified atom stereocenters. The van der Waals surface area contributed by atoms with Gasteiger partial charge in [0.25, 0.3) is 7.82 Å². The fraction of sp³-hybridized carbons (Fsp3) is 0.850. The number of phosphoric acid groups is 1. The van der Waals surface area contributed by atoms with Crippen LogP contribution in [0.2, 0.25) is 0 Å². The van der Waals surface area contributed by atoms with Gasteiger partial charge in [0, 0.05) is 19.4 Å². The Hall–Kier alpha value is -1.55. The van der Waals surface area contributed by atoms with Crippen LogP contribution < -0.4 is 4.89 Å². The van der Waals surface area contributed by atoms with Crippen LogP contribution in [0.4, 0.5) is 0 Å². The maximum absolute atomic E-state index is 12.6. The second-order valence-electron chi connectivity index (χ2n) is 14.6. The van der Waals surface area contributed by atoms with Crippen molar-refractivity contribution in [1.82, 2.24) is 0 Å². The van der Waals surface area contributed by atoms with Gasteiger partial charge in [0.15, 0.2) is 6.10 Å². The van der Waals surface area contributed by atoms with Gasteiger partial charge in [0.05, 0.1) is 34.4 Å². The van der Waals surface area contributed by atoms with E-state index in [9.17, 15) is 19.0 Å². The van der Waals surface area contributed by atoms with E-state index in [1.807, 2.05) is 52.4 Å². The van der Waals surface area contributed by atoms with E-state index in [1.54, 1.807) is 0 Å². The Labute approximate surface area is 312 Å². The predicted octanol–water partition coefficient (Wildman–Crippen LogP) is 9.40. The molecule has 0 aromatic carbocycles. The number of hydrogen-bond acceptors (Lipinski definition) is 9. The van der Waals surface area contributed by atoms with Gasteiger partial charge in [-0.05, 0) is 26.2 Å². The van der Waals surface area contributed by atoms with Crippen LogP contribution in [0.1, 0.15) is 155 Å². The van der Waals surface area contributed by atoms with Gasteiger partial charge in [0.2, 0.25) is 0 Å². The number of unbranched alkanes of at least 4 members (excludes halogenated alkanes) is 18. The molecule has 11 heteroatoms. The van der Waals surface area contributed by atoms with Crippen LogP contribution in [0.5, 0.6) is 0 Å². The van der Waals surface area contributed by atoms with Crippen molar-refractivity contribution < 1.29 is 46.8 Å². The number of hydrogen-bond donors (Lipinski definition) is 0.